The molecule has 0 saturated carbocycles. The summed E-state index contributed by atoms with van der Waals surface area (Å²) in [5.41, 5.74) is 3.66. The monoisotopic (exact) mass is 238 g/mol. The van der Waals surface area contributed by atoms with Gasteiger partial charge in [-0.05, 0) is 30.2 Å². The fourth-order valence-corrected chi connectivity index (χ4v) is 1.61. The Labute approximate surface area is 106 Å². The van der Waals surface area contributed by atoms with Gasteiger partial charge >= 0.3 is 5.97 Å². The third kappa shape index (κ3) is 3.08. The second-order valence-corrected chi connectivity index (χ2v) is 4.17. The molecule has 0 aromatic heterocycles. The number of benzene rings is 2. The quantitative estimate of drug-likeness (QED) is 0.824. The first-order valence-corrected chi connectivity index (χ1v) is 5.73. The number of rotatable bonds is 3. The van der Waals surface area contributed by atoms with Gasteiger partial charge in [-0.15, -0.1) is 0 Å². The van der Waals surface area contributed by atoms with Crippen LogP contribution in [0.2, 0.25) is 0 Å². The molecule has 90 valence electrons. The lowest BCUT2D eigenvalue weighted by Crippen LogP contribution is -1.94. The Morgan fingerprint density at radius 2 is 1.33 bits per heavy atom. The number of hydrogen-bond acceptors (Lipinski definition) is 1. The molecule has 0 amide bonds. The van der Waals surface area contributed by atoms with Crippen molar-refractivity contribution in [2.75, 3.05) is 0 Å². The van der Waals surface area contributed by atoms with Gasteiger partial charge in [0, 0.05) is 0 Å². The van der Waals surface area contributed by atoms with Crippen molar-refractivity contribution in [2.45, 2.75) is 6.92 Å². The van der Waals surface area contributed by atoms with E-state index >= 15 is 0 Å². The van der Waals surface area contributed by atoms with Gasteiger partial charge in [-0.1, -0.05) is 54.1 Å². The summed E-state index contributed by atoms with van der Waals surface area (Å²) in [5.74, 6) is -0.899. The zero-order valence-corrected chi connectivity index (χ0v) is 10.1. The van der Waals surface area contributed by atoms with E-state index in [0.29, 0.717) is 5.56 Å². The summed E-state index contributed by atoms with van der Waals surface area (Å²) < 4.78 is 0. The lowest BCUT2D eigenvalue weighted by atomic mass is 10.1. The maximum absolute atomic E-state index is 10.7. The van der Waals surface area contributed by atoms with Crippen molar-refractivity contribution >= 4 is 18.1 Å². The number of carboxylic acids is 1. The van der Waals surface area contributed by atoms with Gasteiger partial charge in [-0.3, -0.25) is 0 Å². The van der Waals surface area contributed by atoms with Crippen LogP contribution in [0.1, 0.15) is 27.0 Å². The van der Waals surface area contributed by atoms with Gasteiger partial charge in [0.05, 0.1) is 5.56 Å². The number of carboxylic acid groups (broad SMARTS) is 1. The minimum atomic E-state index is -0.899. The van der Waals surface area contributed by atoms with Crippen LogP contribution in [-0.4, -0.2) is 11.1 Å². The van der Waals surface area contributed by atoms with Crippen LogP contribution in [0.5, 0.6) is 0 Å². The van der Waals surface area contributed by atoms with Gasteiger partial charge in [0.1, 0.15) is 0 Å². The summed E-state index contributed by atoms with van der Waals surface area (Å²) in [5, 5.41) is 8.79. The van der Waals surface area contributed by atoms with Crippen LogP contribution in [0.3, 0.4) is 0 Å². The largest absolute Gasteiger partial charge is 0.478 e. The van der Waals surface area contributed by atoms with E-state index in [1.165, 1.54) is 5.56 Å². The minimum absolute atomic E-state index is 0.308. The molecule has 0 bridgehead atoms. The molecule has 2 rings (SSSR count). The summed E-state index contributed by atoms with van der Waals surface area (Å²) in [6, 6.07) is 15.0. The predicted octanol–water partition coefficient (Wildman–Crippen LogP) is 3.86. The Kier molecular flexibility index (Phi) is 3.58. The van der Waals surface area contributed by atoms with Crippen molar-refractivity contribution in [3.63, 3.8) is 0 Å². The Morgan fingerprint density at radius 3 is 1.78 bits per heavy atom. The molecule has 0 unspecified atom stereocenters. The van der Waals surface area contributed by atoms with Crippen LogP contribution >= 0.6 is 0 Å². The average molecular weight is 238 g/mol. The maximum Gasteiger partial charge on any atom is 0.335 e. The van der Waals surface area contributed by atoms with Crippen LogP contribution in [0, 0.1) is 6.92 Å². The van der Waals surface area contributed by atoms with Crippen molar-refractivity contribution < 1.29 is 9.90 Å². The van der Waals surface area contributed by atoms with Crippen molar-refractivity contribution in [1.82, 2.24) is 0 Å². The molecule has 1 N–H and O–H groups in total. The molecule has 0 fully saturated rings. The highest BCUT2D eigenvalue weighted by molar-refractivity contribution is 5.88. The van der Waals surface area contributed by atoms with Gasteiger partial charge in [-0.2, -0.15) is 0 Å². The van der Waals surface area contributed by atoms with Gasteiger partial charge in [0.25, 0.3) is 0 Å². The van der Waals surface area contributed by atoms with E-state index in [9.17, 15) is 4.79 Å². The number of aromatic carboxylic acids is 1. The topological polar surface area (TPSA) is 37.3 Å². The molecule has 2 nitrogen and oxygen atoms in total. The smallest absolute Gasteiger partial charge is 0.335 e. The van der Waals surface area contributed by atoms with Gasteiger partial charge in [0.15, 0.2) is 0 Å². The lowest BCUT2D eigenvalue weighted by Gasteiger charge is -1.97. The van der Waals surface area contributed by atoms with Crippen LogP contribution in [0.15, 0.2) is 48.5 Å². The van der Waals surface area contributed by atoms with Gasteiger partial charge in [-0.25, -0.2) is 4.79 Å². The SMILES string of the molecule is Cc1ccc(/C=C/c2ccc(C(=O)O)cc2)cc1. The molecule has 0 radical (unpaired) electrons. The lowest BCUT2D eigenvalue weighted by molar-refractivity contribution is 0.0697. The number of hydrogen-bond donors (Lipinski definition) is 1. The molecule has 0 aliphatic carbocycles. The molecule has 0 aliphatic rings. The first kappa shape index (κ1) is 12.1. The van der Waals surface area contributed by atoms with Crippen molar-refractivity contribution in [1.29, 1.82) is 0 Å². The van der Waals surface area contributed by atoms with Crippen molar-refractivity contribution in [2.24, 2.45) is 0 Å². The van der Waals surface area contributed by atoms with E-state index in [1.54, 1.807) is 24.3 Å². The van der Waals surface area contributed by atoms with Crippen LogP contribution in [-0.2, 0) is 0 Å². The minimum Gasteiger partial charge on any atom is -0.478 e. The second-order valence-electron chi connectivity index (χ2n) is 4.17. The fourth-order valence-electron chi connectivity index (χ4n) is 1.61. The van der Waals surface area contributed by atoms with Crippen molar-refractivity contribution in [3.05, 3.63) is 70.8 Å². The molecule has 0 aliphatic heterocycles. The van der Waals surface area contributed by atoms with Crippen LogP contribution < -0.4 is 0 Å². The predicted molar refractivity (Wildman–Crippen MR) is 73.5 cm³/mol. The third-order valence-electron chi connectivity index (χ3n) is 2.70. The van der Waals surface area contributed by atoms with Gasteiger partial charge < -0.3 is 5.11 Å². The highest BCUT2D eigenvalue weighted by Crippen LogP contribution is 2.10. The molecule has 0 spiro atoms. The molecule has 0 saturated heterocycles. The van der Waals surface area contributed by atoms with Crippen molar-refractivity contribution in [3.8, 4) is 0 Å². The summed E-state index contributed by atoms with van der Waals surface area (Å²) in [7, 11) is 0. The standard InChI is InChI=1S/C16H14O2/c1-12-2-4-13(5-3-12)6-7-14-8-10-15(11-9-14)16(17)18/h2-11H,1H3,(H,17,18)/b7-6+. The van der Waals surface area contributed by atoms with E-state index in [4.69, 9.17) is 5.11 Å². The molecule has 0 atom stereocenters. The molecular weight excluding hydrogens is 224 g/mol. The third-order valence-corrected chi connectivity index (χ3v) is 2.70. The Balaban J connectivity index is 2.13. The van der Waals surface area contributed by atoms with Crippen LogP contribution in [0.4, 0.5) is 0 Å². The van der Waals surface area contributed by atoms with E-state index in [2.05, 4.69) is 31.2 Å². The fraction of sp³-hybridized carbons (Fsp3) is 0.0625. The summed E-state index contributed by atoms with van der Waals surface area (Å²) in [6.07, 6.45) is 3.98. The normalized spacial score (nSPS) is 10.7. The molecule has 2 aromatic carbocycles. The highest BCUT2D eigenvalue weighted by Gasteiger charge is 1.99. The maximum atomic E-state index is 10.7. The number of carbonyl (C=O) groups is 1. The Bertz CT molecular complexity index is 563. The first-order valence-electron chi connectivity index (χ1n) is 5.73. The average Bonchev–Trinajstić information content (AvgIpc) is 2.38. The van der Waals surface area contributed by atoms with E-state index < -0.39 is 5.97 Å². The zero-order chi connectivity index (χ0) is 13.0. The molecular formula is C16H14O2. The number of aryl methyl sites for hydroxylation is 1. The second kappa shape index (κ2) is 5.32. The molecule has 2 aromatic rings. The molecule has 18 heavy (non-hydrogen) atoms. The summed E-state index contributed by atoms with van der Waals surface area (Å²) >= 11 is 0. The van der Waals surface area contributed by atoms with E-state index in [0.717, 1.165) is 11.1 Å². The molecule has 0 heterocycles. The van der Waals surface area contributed by atoms with E-state index in [-0.39, 0.29) is 0 Å². The first-order chi connectivity index (χ1) is 8.65. The Morgan fingerprint density at radius 1 is 0.889 bits per heavy atom. The van der Waals surface area contributed by atoms with E-state index in [1.807, 2.05) is 12.2 Å². The van der Waals surface area contributed by atoms with Crippen LogP contribution in [0.25, 0.3) is 12.2 Å². The highest BCUT2D eigenvalue weighted by atomic mass is 16.4. The van der Waals surface area contributed by atoms with Gasteiger partial charge in [0.2, 0.25) is 0 Å². The molecule has 2 heteroatoms. The summed E-state index contributed by atoms with van der Waals surface area (Å²) in [4.78, 5) is 10.7. The Hall–Kier alpha value is -2.35. The summed E-state index contributed by atoms with van der Waals surface area (Å²) in [6.45, 7) is 2.05. The zero-order valence-electron chi connectivity index (χ0n) is 10.1.